The van der Waals surface area contributed by atoms with Gasteiger partial charge in [0, 0.05) is 7.11 Å². The zero-order valence-corrected chi connectivity index (χ0v) is 11.4. The van der Waals surface area contributed by atoms with E-state index >= 15 is 0 Å². The van der Waals surface area contributed by atoms with Crippen molar-refractivity contribution < 1.29 is 14.2 Å². The van der Waals surface area contributed by atoms with Gasteiger partial charge in [-0.2, -0.15) is 0 Å². The number of hydrogen-bond acceptors (Lipinski definition) is 3. The largest absolute Gasteiger partial charge is 0.493 e. The van der Waals surface area contributed by atoms with E-state index in [2.05, 4.69) is 26.8 Å². The lowest BCUT2D eigenvalue weighted by atomic mass is 9.87. The van der Waals surface area contributed by atoms with Crippen molar-refractivity contribution in [1.82, 2.24) is 0 Å². The molecule has 0 bridgehead atoms. The second kappa shape index (κ2) is 5.92. The van der Waals surface area contributed by atoms with E-state index in [1.165, 1.54) is 5.56 Å². The van der Waals surface area contributed by atoms with Crippen LogP contribution in [0.4, 0.5) is 0 Å². The van der Waals surface area contributed by atoms with Gasteiger partial charge in [0.25, 0.3) is 0 Å². The smallest absolute Gasteiger partial charge is 0.161 e. The van der Waals surface area contributed by atoms with Crippen LogP contribution in [0, 0.1) is 0 Å². The molecule has 0 heterocycles. The number of benzene rings is 1. The molecule has 0 atom stereocenters. The van der Waals surface area contributed by atoms with Gasteiger partial charge in [0.2, 0.25) is 0 Å². The minimum Gasteiger partial charge on any atom is -0.493 e. The summed E-state index contributed by atoms with van der Waals surface area (Å²) in [5.74, 6) is 1.53. The van der Waals surface area contributed by atoms with Crippen LogP contribution >= 0.6 is 0 Å². The first kappa shape index (κ1) is 13.8. The van der Waals surface area contributed by atoms with Crippen LogP contribution in [0.1, 0.15) is 26.3 Å². The van der Waals surface area contributed by atoms with Crippen LogP contribution in [0.3, 0.4) is 0 Å². The highest BCUT2D eigenvalue weighted by Gasteiger charge is 2.16. The van der Waals surface area contributed by atoms with Gasteiger partial charge in [-0.15, -0.1) is 0 Å². The quantitative estimate of drug-likeness (QED) is 0.738. The van der Waals surface area contributed by atoms with Crippen molar-refractivity contribution in [3.05, 3.63) is 23.8 Å². The van der Waals surface area contributed by atoms with Crippen molar-refractivity contribution in [2.45, 2.75) is 26.2 Å². The van der Waals surface area contributed by atoms with E-state index in [-0.39, 0.29) is 5.41 Å². The lowest BCUT2D eigenvalue weighted by Crippen LogP contribution is -2.11. The Morgan fingerprint density at radius 3 is 2.24 bits per heavy atom. The fourth-order valence-electron chi connectivity index (χ4n) is 1.49. The van der Waals surface area contributed by atoms with Gasteiger partial charge in [-0.3, -0.25) is 0 Å². The summed E-state index contributed by atoms with van der Waals surface area (Å²) in [6, 6.07) is 6.06. The first-order valence-electron chi connectivity index (χ1n) is 5.79. The molecule has 17 heavy (non-hydrogen) atoms. The summed E-state index contributed by atoms with van der Waals surface area (Å²) in [7, 11) is 3.31. The Hall–Kier alpha value is -1.22. The van der Waals surface area contributed by atoms with Gasteiger partial charge in [-0.25, -0.2) is 0 Å². The van der Waals surface area contributed by atoms with E-state index in [9.17, 15) is 0 Å². The van der Waals surface area contributed by atoms with Gasteiger partial charge in [0.05, 0.1) is 13.7 Å². The van der Waals surface area contributed by atoms with E-state index < -0.39 is 0 Å². The molecule has 0 aromatic heterocycles. The van der Waals surface area contributed by atoms with Crippen LogP contribution in [0.5, 0.6) is 11.5 Å². The Bertz CT molecular complexity index is 353. The Labute approximate surface area is 104 Å². The van der Waals surface area contributed by atoms with Crippen molar-refractivity contribution in [2.75, 3.05) is 27.4 Å². The van der Waals surface area contributed by atoms with Crippen LogP contribution in [0.25, 0.3) is 0 Å². The Kier molecular flexibility index (Phi) is 4.82. The Balaban J connectivity index is 2.86. The molecule has 0 radical (unpaired) electrons. The molecule has 0 aliphatic rings. The summed E-state index contributed by atoms with van der Waals surface area (Å²) in [5, 5.41) is 0. The van der Waals surface area contributed by atoms with Crippen LogP contribution < -0.4 is 9.47 Å². The zero-order chi connectivity index (χ0) is 12.9. The van der Waals surface area contributed by atoms with Crippen molar-refractivity contribution in [3.63, 3.8) is 0 Å². The van der Waals surface area contributed by atoms with E-state index in [0.717, 1.165) is 11.5 Å². The van der Waals surface area contributed by atoms with Crippen LogP contribution in [-0.2, 0) is 10.2 Å². The molecule has 0 unspecified atom stereocenters. The number of ether oxygens (including phenoxy) is 3. The maximum absolute atomic E-state index is 5.59. The Morgan fingerprint density at radius 2 is 1.71 bits per heavy atom. The van der Waals surface area contributed by atoms with Crippen molar-refractivity contribution in [2.24, 2.45) is 0 Å². The zero-order valence-electron chi connectivity index (χ0n) is 11.4. The number of rotatable bonds is 5. The molecule has 0 aliphatic carbocycles. The molecule has 1 aromatic carbocycles. The molecule has 0 N–H and O–H groups in total. The molecule has 3 heteroatoms. The molecule has 0 aliphatic heterocycles. The van der Waals surface area contributed by atoms with Crippen LogP contribution in [0.15, 0.2) is 18.2 Å². The maximum Gasteiger partial charge on any atom is 0.161 e. The monoisotopic (exact) mass is 238 g/mol. The van der Waals surface area contributed by atoms with Crippen molar-refractivity contribution in [3.8, 4) is 11.5 Å². The highest BCUT2D eigenvalue weighted by atomic mass is 16.5. The number of methoxy groups -OCH3 is 2. The van der Waals surface area contributed by atoms with Gasteiger partial charge < -0.3 is 14.2 Å². The second-order valence-electron chi connectivity index (χ2n) is 4.96. The lowest BCUT2D eigenvalue weighted by Gasteiger charge is -2.21. The van der Waals surface area contributed by atoms with Gasteiger partial charge in [-0.1, -0.05) is 26.8 Å². The van der Waals surface area contributed by atoms with E-state index in [1.807, 2.05) is 12.1 Å². The third kappa shape index (κ3) is 3.93. The average molecular weight is 238 g/mol. The summed E-state index contributed by atoms with van der Waals surface area (Å²) in [6.07, 6.45) is 0. The predicted octanol–water partition coefficient (Wildman–Crippen LogP) is 3.02. The first-order chi connectivity index (χ1) is 7.99. The molecule has 0 saturated carbocycles. The van der Waals surface area contributed by atoms with Gasteiger partial charge in [0.15, 0.2) is 11.5 Å². The summed E-state index contributed by atoms with van der Waals surface area (Å²) >= 11 is 0. The minimum absolute atomic E-state index is 0.109. The summed E-state index contributed by atoms with van der Waals surface area (Å²) in [4.78, 5) is 0. The van der Waals surface area contributed by atoms with Gasteiger partial charge in [-0.05, 0) is 23.1 Å². The molecule has 1 aromatic rings. The van der Waals surface area contributed by atoms with Crippen LogP contribution in [-0.4, -0.2) is 27.4 Å². The highest BCUT2D eigenvalue weighted by Crippen LogP contribution is 2.32. The van der Waals surface area contributed by atoms with E-state index in [1.54, 1.807) is 14.2 Å². The summed E-state index contributed by atoms with van der Waals surface area (Å²) in [5.41, 5.74) is 1.34. The minimum atomic E-state index is 0.109. The average Bonchev–Trinajstić information content (AvgIpc) is 2.28. The molecule has 0 spiro atoms. The highest BCUT2D eigenvalue weighted by molar-refractivity contribution is 5.44. The Morgan fingerprint density at radius 1 is 1.00 bits per heavy atom. The fourth-order valence-corrected chi connectivity index (χ4v) is 1.49. The maximum atomic E-state index is 5.59. The molecule has 0 saturated heterocycles. The SMILES string of the molecule is COCCOc1ccc(C(C)(C)C)cc1OC. The molecule has 1 rings (SSSR count). The molecular weight excluding hydrogens is 216 g/mol. The van der Waals surface area contributed by atoms with Crippen molar-refractivity contribution in [1.29, 1.82) is 0 Å². The third-order valence-corrected chi connectivity index (χ3v) is 2.57. The summed E-state index contributed by atoms with van der Waals surface area (Å²) in [6.45, 7) is 7.62. The van der Waals surface area contributed by atoms with E-state index in [0.29, 0.717) is 13.2 Å². The molecular formula is C14H22O3. The normalized spacial score (nSPS) is 11.4. The van der Waals surface area contributed by atoms with Gasteiger partial charge in [0.1, 0.15) is 6.61 Å². The van der Waals surface area contributed by atoms with Crippen molar-refractivity contribution >= 4 is 0 Å². The van der Waals surface area contributed by atoms with Gasteiger partial charge >= 0.3 is 0 Å². The topological polar surface area (TPSA) is 27.7 Å². The second-order valence-corrected chi connectivity index (χ2v) is 4.96. The first-order valence-corrected chi connectivity index (χ1v) is 5.79. The summed E-state index contributed by atoms with van der Waals surface area (Å²) < 4.78 is 15.9. The number of hydrogen-bond donors (Lipinski definition) is 0. The fraction of sp³-hybridized carbons (Fsp3) is 0.571. The standard InChI is InChI=1S/C14H22O3/c1-14(2,3)11-6-7-12(13(10-11)16-5)17-9-8-15-4/h6-7,10H,8-9H2,1-5H3. The lowest BCUT2D eigenvalue weighted by molar-refractivity contribution is 0.144. The predicted molar refractivity (Wildman–Crippen MR) is 69.1 cm³/mol. The molecule has 0 amide bonds. The third-order valence-electron chi connectivity index (χ3n) is 2.57. The van der Waals surface area contributed by atoms with Crippen LogP contribution in [0.2, 0.25) is 0 Å². The van der Waals surface area contributed by atoms with E-state index in [4.69, 9.17) is 14.2 Å². The molecule has 3 nitrogen and oxygen atoms in total. The molecule has 0 fully saturated rings. The molecule has 96 valence electrons.